The second-order valence-corrected chi connectivity index (χ2v) is 9.34. The molecule has 1 amide bonds. The maximum Gasteiger partial charge on any atom is 0.352 e. The Hall–Kier alpha value is -3.18. The summed E-state index contributed by atoms with van der Waals surface area (Å²) in [5.74, 6) is -0.317. The van der Waals surface area contributed by atoms with Gasteiger partial charge in [0.2, 0.25) is 0 Å². The second kappa shape index (κ2) is 8.06. The highest BCUT2D eigenvalue weighted by Gasteiger charge is 2.41. The van der Waals surface area contributed by atoms with Gasteiger partial charge in [0.25, 0.3) is 0 Å². The molecule has 1 saturated carbocycles. The lowest BCUT2D eigenvalue weighted by molar-refractivity contribution is 0.0685. The second-order valence-electron chi connectivity index (χ2n) is 9.34. The first-order chi connectivity index (χ1) is 15.5. The predicted molar refractivity (Wildman–Crippen MR) is 125 cm³/mol. The molecule has 0 radical (unpaired) electrons. The van der Waals surface area contributed by atoms with Gasteiger partial charge in [0.15, 0.2) is 0 Å². The summed E-state index contributed by atoms with van der Waals surface area (Å²) in [6.45, 7) is 0.857. The van der Waals surface area contributed by atoms with Crippen molar-refractivity contribution in [2.24, 2.45) is 0 Å². The normalized spacial score (nSPS) is 20.8. The fourth-order valence-corrected chi connectivity index (χ4v) is 5.53. The van der Waals surface area contributed by atoms with Crippen LogP contribution in [-0.4, -0.2) is 28.6 Å². The average Bonchev–Trinajstić information content (AvgIpc) is 3.16. The molecule has 1 fully saturated rings. The number of benzene rings is 2. The fraction of sp³-hybridized carbons (Fsp3) is 0.333. The van der Waals surface area contributed by atoms with Crippen LogP contribution in [0.2, 0.25) is 0 Å². The Labute approximate surface area is 188 Å². The van der Waals surface area contributed by atoms with Gasteiger partial charge >= 0.3 is 11.9 Å². The van der Waals surface area contributed by atoms with Gasteiger partial charge in [-0.05, 0) is 48.6 Å². The van der Waals surface area contributed by atoms with Gasteiger partial charge in [0, 0.05) is 11.6 Å². The molecule has 32 heavy (non-hydrogen) atoms. The van der Waals surface area contributed by atoms with Crippen LogP contribution >= 0.6 is 0 Å². The molecule has 1 aliphatic carbocycles. The maximum atomic E-state index is 13.9. The van der Waals surface area contributed by atoms with Crippen molar-refractivity contribution >= 4 is 17.6 Å². The number of aromatic carboxylic acids is 1. The molecule has 1 unspecified atom stereocenters. The van der Waals surface area contributed by atoms with Crippen molar-refractivity contribution in [2.45, 2.75) is 51.1 Å². The average molecular weight is 430 g/mol. The lowest BCUT2D eigenvalue weighted by Crippen LogP contribution is -2.50. The van der Waals surface area contributed by atoms with Crippen LogP contribution in [0.3, 0.4) is 0 Å². The third kappa shape index (κ3) is 3.47. The number of carboxylic acid groups (broad SMARTS) is 1. The van der Waals surface area contributed by atoms with E-state index in [0.29, 0.717) is 24.6 Å². The minimum Gasteiger partial charge on any atom is -0.477 e. The van der Waals surface area contributed by atoms with E-state index in [-0.39, 0.29) is 16.1 Å². The number of hydrogen-bond acceptors (Lipinski definition) is 2. The van der Waals surface area contributed by atoms with Crippen molar-refractivity contribution in [1.82, 2.24) is 9.05 Å². The van der Waals surface area contributed by atoms with Gasteiger partial charge in [0.1, 0.15) is 17.9 Å². The van der Waals surface area contributed by atoms with Crippen molar-refractivity contribution in [3.05, 3.63) is 88.7 Å². The number of fused-ring (bicyclic) bond motifs is 2. The molecule has 5 nitrogen and oxygen atoms in total. The van der Waals surface area contributed by atoms with Crippen LogP contribution in [0.5, 0.6) is 0 Å². The van der Waals surface area contributed by atoms with Crippen LogP contribution in [-0.2, 0) is 13.1 Å². The number of carbonyl (C=O) groups is 2. The molecule has 0 bridgehead atoms. The summed E-state index contributed by atoms with van der Waals surface area (Å²) >= 11 is 0. The summed E-state index contributed by atoms with van der Waals surface area (Å²) in [5, 5.41) is 9.63. The Morgan fingerprint density at radius 3 is 2.38 bits per heavy atom. The Bertz CT molecular complexity index is 1170. The zero-order valence-corrected chi connectivity index (χ0v) is 18.5. The van der Waals surface area contributed by atoms with Gasteiger partial charge in [-0.2, -0.15) is 0 Å². The standard InChI is InChI=1S/C27H28N2O3/c1-29(26(30)21-13-11-20(12-14-21)19-7-3-2-4-8-19)18-23-15-16-24(27(31)32)28(23)17-22-9-5-6-10-25(22)29/h5-6,9-16,19H,2-4,7-8,17-18H2,1H3/p+1. The molecule has 2 aromatic carbocycles. The number of rotatable bonds is 3. The van der Waals surface area contributed by atoms with Crippen LogP contribution in [0.25, 0.3) is 0 Å². The van der Waals surface area contributed by atoms with Crippen LogP contribution in [0, 0.1) is 0 Å². The molecule has 1 atom stereocenters. The molecule has 0 saturated heterocycles. The Kier molecular flexibility index (Phi) is 5.22. The van der Waals surface area contributed by atoms with Gasteiger partial charge in [0.05, 0.1) is 24.8 Å². The number of para-hydroxylation sites is 1. The molecular weight excluding hydrogens is 400 g/mol. The highest BCUT2D eigenvalue weighted by Crippen LogP contribution is 2.36. The summed E-state index contributed by atoms with van der Waals surface area (Å²) in [4.78, 5) is 25.7. The number of hydrogen-bond donors (Lipinski definition) is 1. The van der Waals surface area contributed by atoms with Gasteiger partial charge in [-0.1, -0.05) is 49.6 Å². The smallest absolute Gasteiger partial charge is 0.352 e. The molecule has 5 heteroatoms. The first-order valence-corrected chi connectivity index (χ1v) is 11.5. The molecule has 2 aliphatic rings. The van der Waals surface area contributed by atoms with E-state index < -0.39 is 5.97 Å². The summed E-state index contributed by atoms with van der Waals surface area (Å²) in [7, 11) is 1.94. The molecule has 5 rings (SSSR count). The predicted octanol–water partition coefficient (Wildman–Crippen LogP) is 5.57. The molecule has 1 aliphatic heterocycles. The highest BCUT2D eigenvalue weighted by molar-refractivity contribution is 6.02. The number of amides is 1. The summed E-state index contributed by atoms with van der Waals surface area (Å²) < 4.78 is 1.91. The quantitative estimate of drug-likeness (QED) is 0.554. The van der Waals surface area contributed by atoms with Gasteiger partial charge in [-0.3, -0.25) is 0 Å². The van der Waals surface area contributed by atoms with Crippen molar-refractivity contribution in [2.75, 3.05) is 7.05 Å². The molecule has 1 N–H and O–H groups in total. The van der Waals surface area contributed by atoms with E-state index in [2.05, 4.69) is 12.1 Å². The van der Waals surface area contributed by atoms with Crippen LogP contribution in [0.4, 0.5) is 5.69 Å². The maximum absolute atomic E-state index is 13.9. The van der Waals surface area contributed by atoms with Crippen molar-refractivity contribution in [1.29, 1.82) is 0 Å². The summed E-state index contributed by atoms with van der Waals surface area (Å²) in [6.07, 6.45) is 6.37. The molecule has 1 aromatic heterocycles. The SMILES string of the molecule is C[N+]1(C(=O)c2ccc(C3CCCCC3)cc2)Cc2ccc(C(=O)O)n2Cc2ccccc21. The van der Waals surface area contributed by atoms with Crippen molar-refractivity contribution in [3.63, 3.8) is 0 Å². The van der Waals surface area contributed by atoms with E-state index in [1.165, 1.54) is 37.7 Å². The lowest BCUT2D eigenvalue weighted by atomic mass is 9.84. The van der Waals surface area contributed by atoms with E-state index in [4.69, 9.17) is 0 Å². The summed E-state index contributed by atoms with van der Waals surface area (Å²) in [6, 6.07) is 19.6. The number of carboxylic acids is 1. The largest absolute Gasteiger partial charge is 0.477 e. The number of aromatic nitrogens is 1. The van der Waals surface area contributed by atoms with Crippen LogP contribution < -0.4 is 4.48 Å². The van der Waals surface area contributed by atoms with E-state index in [0.717, 1.165) is 16.9 Å². The van der Waals surface area contributed by atoms with Gasteiger partial charge in [-0.25, -0.2) is 14.1 Å². The topological polar surface area (TPSA) is 59.3 Å². The first kappa shape index (κ1) is 20.7. The van der Waals surface area contributed by atoms with Crippen molar-refractivity contribution < 1.29 is 14.7 Å². The minimum absolute atomic E-state index is 0.0270. The number of quaternary nitrogens is 1. The molecule has 0 spiro atoms. The molecule has 3 aromatic rings. The molecule has 164 valence electrons. The Morgan fingerprint density at radius 2 is 1.66 bits per heavy atom. The monoisotopic (exact) mass is 429 g/mol. The Morgan fingerprint density at radius 1 is 0.938 bits per heavy atom. The van der Waals surface area contributed by atoms with Gasteiger partial charge < -0.3 is 9.67 Å². The zero-order chi connectivity index (χ0) is 22.3. The third-order valence-electron chi connectivity index (χ3n) is 7.30. The van der Waals surface area contributed by atoms with E-state index >= 15 is 0 Å². The number of nitrogens with zero attached hydrogens (tertiary/aromatic N) is 2. The van der Waals surface area contributed by atoms with E-state index in [1.807, 2.05) is 54.1 Å². The third-order valence-corrected chi connectivity index (χ3v) is 7.30. The number of carbonyl (C=O) groups excluding carboxylic acids is 1. The van der Waals surface area contributed by atoms with Gasteiger partial charge in [-0.15, -0.1) is 0 Å². The first-order valence-electron chi connectivity index (χ1n) is 11.5. The minimum atomic E-state index is -0.950. The Balaban J connectivity index is 1.53. The zero-order valence-electron chi connectivity index (χ0n) is 18.5. The van der Waals surface area contributed by atoms with E-state index in [9.17, 15) is 14.7 Å². The van der Waals surface area contributed by atoms with Crippen LogP contribution in [0.15, 0.2) is 60.7 Å². The molecular formula is C27H29N2O3+. The summed E-state index contributed by atoms with van der Waals surface area (Å²) in [5.41, 5.74) is 5.04. The van der Waals surface area contributed by atoms with Crippen LogP contribution in [0.1, 0.15) is 75.7 Å². The lowest BCUT2D eigenvalue weighted by Gasteiger charge is -2.31. The van der Waals surface area contributed by atoms with Crippen molar-refractivity contribution in [3.8, 4) is 0 Å². The fourth-order valence-electron chi connectivity index (χ4n) is 5.53. The van der Waals surface area contributed by atoms with E-state index in [1.54, 1.807) is 6.07 Å². The molecule has 2 heterocycles. The highest BCUT2D eigenvalue weighted by atomic mass is 16.4.